The highest BCUT2D eigenvalue weighted by Gasteiger charge is 2.08. The molecule has 0 spiro atoms. The van der Waals surface area contributed by atoms with Crippen LogP contribution in [0.2, 0.25) is 0 Å². The lowest BCUT2D eigenvalue weighted by Gasteiger charge is -2.05. The van der Waals surface area contributed by atoms with E-state index < -0.39 is 5.82 Å². The van der Waals surface area contributed by atoms with Crippen molar-refractivity contribution in [3.05, 3.63) is 81.5 Å². The Kier molecular flexibility index (Phi) is 4.27. The van der Waals surface area contributed by atoms with E-state index in [4.69, 9.17) is 5.26 Å². The first-order valence-corrected chi connectivity index (χ1v) is 8.23. The van der Waals surface area contributed by atoms with Gasteiger partial charge in [-0.25, -0.2) is 4.39 Å². The molecular weight excluding hydrogens is 305 g/mol. The number of nitrogens with zero attached hydrogens (tertiary/aromatic N) is 1. The normalized spacial score (nSPS) is 10.5. The Morgan fingerprint density at radius 1 is 1.04 bits per heavy atom. The second-order valence-electron chi connectivity index (χ2n) is 5.68. The highest BCUT2D eigenvalue weighted by atomic mass is 32.1. The minimum Gasteiger partial charge on any atom is -0.206 e. The van der Waals surface area contributed by atoms with Gasteiger partial charge in [-0.2, -0.15) is 5.26 Å². The maximum absolute atomic E-state index is 13.4. The first-order valence-electron chi connectivity index (χ1n) is 7.41. The van der Waals surface area contributed by atoms with Crippen molar-refractivity contribution < 1.29 is 4.39 Å². The Labute approximate surface area is 139 Å². The van der Waals surface area contributed by atoms with Crippen molar-refractivity contribution in [2.24, 2.45) is 0 Å². The average Bonchev–Trinajstić information content (AvgIpc) is 3.00. The minimum absolute atomic E-state index is 0.0898. The molecule has 3 heteroatoms. The number of hydrogen-bond acceptors (Lipinski definition) is 2. The maximum atomic E-state index is 13.4. The van der Waals surface area contributed by atoms with E-state index in [-0.39, 0.29) is 5.56 Å². The Bertz CT molecular complexity index is 902. The SMILES string of the molecule is Cc1ccc(C)c(Cc2ccc(-c3ccc(F)c(C#N)c3)s2)c1. The molecule has 0 aliphatic carbocycles. The molecule has 0 N–H and O–H groups in total. The summed E-state index contributed by atoms with van der Waals surface area (Å²) in [5, 5.41) is 8.96. The van der Waals surface area contributed by atoms with Crippen LogP contribution < -0.4 is 0 Å². The van der Waals surface area contributed by atoms with Crippen molar-refractivity contribution in [3.8, 4) is 16.5 Å². The van der Waals surface area contributed by atoms with Crippen LogP contribution in [0.25, 0.3) is 10.4 Å². The Morgan fingerprint density at radius 2 is 1.87 bits per heavy atom. The molecule has 0 saturated heterocycles. The summed E-state index contributed by atoms with van der Waals surface area (Å²) in [7, 11) is 0. The first-order chi connectivity index (χ1) is 11.1. The lowest BCUT2D eigenvalue weighted by molar-refractivity contribution is 0.624. The van der Waals surface area contributed by atoms with Crippen LogP contribution in [0.4, 0.5) is 4.39 Å². The summed E-state index contributed by atoms with van der Waals surface area (Å²) >= 11 is 1.69. The lowest BCUT2D eigenvalue weighted by atomic mass is 10.0. The van der Waals surface area contributed by atoms with Gasteiger partial charge in [-0.1, -0.05) is 29.8 Å². The number of nitriles is 1. The van der Waals surface area contributed by atoms with Gasteiger partial charge in [0.1, 0.15) is 11.9 Å². The van der Waals surface area contributed by atoms with Gasteiger partial charge < -0.3 is 0 Å². The molecule has 0 fully saturated rings. The van der Waals surface area contributed by atoms with E-state index >= 15 is 0 Å². The highest BCUT2D eigenvalue weighted by Crippen LogP contribution is 2.31. The van der Waals surface area contributed by atoms with Gasteiger partial charge in [0, 0.05) is 16.2 Å². The van der Waals surface area contributed by atoms with E-state index in [2.05, 4.69) is 38.1 Å². The van der Waals surface area contributed by atoms with Crippen LogP contribution in [0.5, 0.6) is 0 Å². The van der Waals surface area contributed by atoms with Crippen molar-refractivity contribution in [3.63, 3.8) is 0 Å². The zero-order chi connectivity index (χ0) is 16.4. The van der Waals surface area contributed by atoms with Crippen molar-refractivity contribution in [2.45, 2.75) is 20.3 Å². The smallest absolute Gasteiger partial charge is 0.140 e. The standard InChI is InChI=1S/C20H16FNS/c1-13-3-4-14(2)16(9-13)11-18-6-8-20(23-18)15-5-7-19(21)17(10-15)12-22/h3-10H,11H2,1-2H3. The van der Waals surface area contributed by atoms with E-state index in [1.165, 1.54) is 27.6 Å². The van der Waals surface area contributed by atoms with Gasteiger partial charge in [0.15, 0.2) is 0 Å². The third-order valence-corrected chi connectivity index (χ3v) is 5.04. The van der Waals surface area contributed by atoms with E-state index in [9.17, 15) is 4.39 Å². The highest BCUT2D eigenvalue weighted by molar-refractivity contribution is 7.15. The second kappa shape index (κ2) is 6.36. The van der Waals surface area contributed by atoms with E-state index in [1.807, 2.05) is 12.1 Å². The molecule has 0 aliphatic heterocycles. The van der Waals surface area contributed by atoms with E-state index in [0.29, 0.717) is 0 Å². The van der Waals surface area contributed by atoms with Gasteiger partial charge in [0.05, 0.1) is 5.56 Å². The molecule has 1 nitrogen and oxygen atoms in total. The molecule has 0 amide bonds. The third kappa shape index (κ3) is 3.33. The molecule has 0 saturated carbocycles. The minimum atomic E-state index is -0.469. The van der Waals surface area contributed by atoms with Crippen LogP contribution in [0.1, 0.15) is 27.1 Å². The monoisotopic (exact) mass is 321 g/mol. The van der Waals surface area contributed by atoms with Crippen LogP contribution in [0.15, 0.2) is 48.5 Å². The summed E-state index contributed by atoms with van der Waals surface area (Å²) in [4.78, 5) is 2.32. The summed E-state index contributed by atoms with van der Waals surface area (Å²) in [5.41, 5.74) is 4.86. The predicted octanol–water partition coefficient (Wildman–Crippen LogP) is 5.63. The van der Waals surface area contributed by atoms with E-state index in [0.717, 1.165) is 16.9 Å². The summed E-state index contributed by atoms with van der Waals surface area (Å²) in [6, 6.07) is 17.2. The number of benzene rings is 2. The lowest BCUT2D eigenvalue weighted by Crippen LogP contribution is -1.90. The molecule has 3 aromatic rings. The Balaban J connectivity index is 1.89. The maximum Gasteiger partial charge on any atom is 0.140 e. The predicted molar refractivity (Wildman–Crippen MR) is 93.2 cm³/mol. The number of aryl methyl sites for hydroxylation is 2. The topological polar surface area (TPSA) is 23.8 Å². The third-order valence-electron chi connectivity index (χ3n) is 3.90. The number of hydrogen-bond donors (Lipinski definition) is 0. The first kappa shape index (κ1) is 15.5. The molecule has 0 bridgehead atoms. The molecule has 0 aliphatic rings. The molecule has 0 atom stereocenters. The van der Waals surface area contributed by atoms with Crippen LogP contribution in [-0.4, -0.2) is 0 Å². The van der Waals surface area contributed by atoms with Crippen molar-refractivity contribution in [2.75, 3.05) is 0 Å². The molecular formula is C20H16FNS. The molecule has 0 radical (unpaired) electrons. The fraction of sp³-hybridized carbons (Fsp3) is 0.150. The van der Waals surface area contributed by atoms with Gasteiger partial charge in [0.2, 0.25) is 0 Å². The average molecular weight is 321 g/mol. The van der Waals surface area contributed by atoms with Gasteiger partial charge in [-0.3, -0.25) is 0 Å². The molecule has 23 heavy (non-hydrogen) atoms. The molecule has 1 aromatic heterocycles. The number of thiophene rings is 1. The van der Waals surface area contributed by atoms with Crippen LogP contribution >= 0.6 is 11.3 Å². The fourth-order valence-electron chi connectivity index (χ4n) is 2.57. The number of rotatable bonds is 3. The summed E-state index contributed by atoms with van der Waals surface area (Å²) in [5.74, 6) is -0.469. The molecule has 114 valence electrons. The zero-order valence-corrected chi connectivity index (χ0v) is 13.9. The van der Waals surface area contributed by atoms with Gasteiger partial charge in [0.25, 0.3) is 0 Å². The second-order valence-corrected chi connectivity index (χ2v) is 6.85. The Hall–Kier alpha value is -2.44. The summed E-state index contributed by atoms with van der Waals surface area (Å²) in [6.45, 7) is 4.23. The van der Waals surface area contributed by atoms with Gasteiger partial charge >= 0.3 is 0 Å². The van der Waals surface area contributed by atoms with Crippen molar-refractivity contribution in [1.82, 2.24) is 0 Å². The quantitative estimate of drug-likeness (QED) is 0.613. The fourth-order valence-corrected chi connectivity index (χ4v) is 3.60. The van der Waals surface area contributed by atoms with Gasteiger partial charge in [-0.15, -0.1) is 11.3 Å². The number of halogens is 1. The van der Waals surface area contributed by atoms with Crippen molar-refractivity contribution in [1.29, 1.82) is 5.26 Å². The molecule has 0 unspecified atom stereocenters. The summed E-state index contributed by atoms with van der Waals surface area (Å²) < 4.78 is 13.4. The molecule has 1 heterocycles. The van der Waals surface area contributed by atoms with Crippen LogP contribution in [0.3, 0.4) is 0 Å². The van der Waals surface area contributed by atoms with Gasteiger partial charge in [-0.05, 0) is 54.8 Å². The van der Waals surface area contributed by atoms with E-state index in [1.54, 1.807) is 23.5 Å². The Morgan fingerprint density at radius 3 is 2.65 bits per heavy atom. The molecule has 2 aromatic carbocycles. The summed E-state index contributed by atoms with van der Waals surface area (Å²) in [6.07, 6.45) is 0.893. The van der Waals surface area contributed by atoms with Crippen molar-refractivity contribution >= 4 is 11.3 Å². The van der Waals surface area contributed by atoms with Crippen LogP contribution in [0, 0.1) is 31.0 Å². The molecule has 3 rings (SSSR count). The largest absolute Gasteiger partial charge is 0.206 e. The zero-order valence-electron chi connectivity index (χ0n) is 13.1. The van der Waals surface area contributed by atoms with Crippen LogP contribution in [-0.2, 0) is 6.42 Å².